The molecular weight excluding hydrogens is 270 g/mol. The van der Waals surface area contributed by atoms with Gasteiger partial charge in [0.2, 0.25) is 5.91 Å². The standard InChI is InChI=1S/C16H27NO4/c1-15(2,3)21-14(19)16(7-10-20-11-8-16)12-17-9-5-4-6-13(17)18/h4-12H2,1-3H3. The predicted molar refractivity (Wildman–Crippen MR) is 78.8 cm³/mol. The van der Waals surface area contributed by atoms with Crippen LogP contribution in [-0.4, -0.2) is 48.7 Å². The van der Waals surface area contributed by atoms with Crippen molar-refractivity contribution in [2.24, 2.45) is 5.41 Å². The summed E-state index contributed by atoms with van der Waals surface area (Å²) in [4.78, 5) is 26.6. The fourth-order valence-corrected chi connectivity index (χ4v) is 2.97. The number of esters is 1. The van der Waals surface area contributed by atoms with Crippen LogP contribution in [0.4, 0.5) is 0 Å². The summed E-state index contributed by atoms with van der Waals surface area (Å²) in [6.07, 6.45) is 3.84. The second-order valence-corrected chi connectivity index (χ2v) is 7.17. The molecule has 0 aromatic heterocycles. The first-order chi connectivity index (χ1) is 9.82. The quantitative estimate of drug-likeness (QED) is 0.749. The Morgan fingerprint density at radius 3 is 2.52 bits per heavy atom. The molecule has 0 saturated carbocycles. The van der Waals surface area contributed by atoms with Crippen LogP contribution in [0.3, 0.4) is 0 Å². The van der Waals surface area contributed by atoms with Gasteiger partial charge < -0.3 is 14.4 Å². The molecule has 0 atom stereocenters. The summed E-state index contributed by atoms with van der Waals surface area (Å²) in [5.74, 6) is -0.0210. The molecule has 0 aromatic rings. The summed E-state index contributed by atoms with van der Waals surface area (Å²) in [5, 5.41) is 0. The van der Waals surface area contributed by atoms with E-state index in [0.717, 1.165) is 19.4 Å². The molecule has 2 aliphatic heterocycles. The molecule has 120 valence electrons. The summed E-state index contributed by atoms with van der Waals surface area (Å²) in [7, 11) is 0. The largest absolute Gasteiger partial charge is 0.459 e. The molecule has 5 heteroatoms. The van der Waals surface area contributed by atoms with Crippen molar-refractivity contribution < 1.29 is 19.1 Å². The molecular formula is C16H27NO4. The Morgan fingerprint density at radius 2 is 1.95 bits per heavy atom. The fourth-order valence-electron chi connectivity index (χ4n) is 2.97. The number of nitrogens with zero attached hydrogens (tertiary/aromatic N) is 1. The van der Waals surface area contributed by atoms with Crippen molar-refractivity contribution in [3.63, 3.8) is 0 Å². The number of carbonyl (C=O) groups is 2. The molecule has 0 spiro atoms. The van der Waals surface area contributed by atoms with Crippen molar-refractivity contribution in [2.75, 3.05) is 26.3 Å². The van der Waals surface area contributed by atoms with Gasteiger partial charge in [-0.3, -0.25) is 9.59 Å². The summed E-state index contributed by atoms with van der Waals surface area (Å²) < 4.78 is 11.0. The van der Waals surface area contributed by atoms with Crippen molar-refractivity contribution in [2.45, 2.75) is 58.5 Å². The smallest absolute Gasteiger partial charge is 0.314 e. The highest BCUT2D eigenvalue weighted by atomic mass is 16.6. The molecule has 2 heterocycles. The molecule has 1 amide bonds. The Hall–Kier alpha value is -1.10. The van der Waals surface area contributed by atoms with Crippen LogP contribution >= 0.6 is 0 Å². The van der Waals surface area contributed by atoms with Gasteiger partial charge in [-0.15, -0.1) is 0 Å². The molecule has 0 unspecified atom stereocenters. The lowest BCUT2D eigenvalue weighted by molar-refractivity contribution is -0.176. The molecule has 0 aromatic carbocycles. The summed E-state index contributed by atoms with van der Waals surface area (Å²) >= 11 is 0. The topological polar surface area (TPSA) is 55.8 Å². The van der Waals surface area contributed by atoms with Crippen molar-refractivity contribution >= 4 is 11.9 Å². The van der Waals surface area contributed by atoms with Crippen LogP contribution in [0.25, 0.3) is 0 Å². The highest BCUT2D eigenvalue weighted by Crippen LogP contribution is 2.35. The van der Waals surface area contributed by atoms with Crippen LogP contribution in [0.2, 0.25) is 0 Å². The summed E-state index contributed by atoms with van der Waals surface area (Å²) in [6.45, 7) is 7.98. The molecule has 0 bridgehead atoms. The third kappa shape index (κ3) is 4.19. The molecule has 0 N–H and O–H groups in total. The van der Waals surface area contributed by atoms with E-state index >= 15 is 0 Å². The maximum atomic E-state index is 12.7. The van der Waals surface area contributed by atoms with Crippen LogP contribution in [0.5, 0.6) is 0 Å². The first kappa shape index (κ1) is 16.3. The number of likely N-dealkylation sites (tertiary alicyclic amines) is 1. The van der Waals surface area contributed by atoms with Crippen LogP contribution in [0.15, 0.2) is 0 Å². The van der Waals surface area contributed by atoms with Crippen LogP contribution in [-0.2, 0) is 19.1 Å². The SMILES string of the molecule is CC(C)(C)OC(=O)C1(CN2CCCCC2=O)CCOCC1. The maximum Gasteiger partial charge on any atom is 0.314 e. The Morgan fingerprint density at radius 1 is 1.29 bits per heavy atom. The van der Waals surface area contributed by atoms with E-state index in [-0.39, 0.29) is 11.9 Å². The summed E-state index contributed by atoms with van der Waals surface area (Å²) in [6, 6.07) is 0. The molecule has 2 aliphatic rings. The van der Waals surface area contributed by atoms with Gasteiger partial charge in [-0.1, -0.05) is 0 Å². The second-order valence-electron chi connectivity index (χ2n) is 7.17. The number of rotatable bonds is 3. The van der Waals surface area contributed by atoms with Crippen molar-refractivity contribution in [3.8, 4) is 0 Å². The van der Waals surface area contributed by atoms with E-state index in [0.29, 0.717) is 39.0 Å². The first-order valence-corrected chi connectivity index (χ1v) is 7.91. The molecule has 21 heavy (non-hydrogen) atoms. The minimum absolute atomic E-state index is 0.163. The zero-order valence-electron chi connectivity index (χ0n) is 13.4. The van der Waals surface area contributed by atoms with E-state index in [1.54, 1.807) is 0 Å². The van der Waals surface area contributed by atoms with Gasteiger partial charge in [0.25, 0.3) is 0 Å². The minimum Gasteiger partial charge on any atom is -0.459 e. The van der Waals surface area contributed by atoms with E-state index < -0.39 is 11.0 Å². The normalized spacial score (nSPS) is 23.0. The van der Waals surface area contributed by atoms with Crippen molar-refractivity contribution in [3.05, 3.63) is 0 Å². The molecule has 5 nitrogen and oxygen atoms in total. The van der Waals surface area contributed by atoms with E-state index in [2.05, 4.69) is 0 Å². The van der Waals surface area contributed by atoms with Gasteiger partial charge in [0.15, 0.2) is 0 Å². The number of piperidine rings is 1. The zero-order valence-corrected chi connectivity index (χ0v) is 13.4. The Labute approximate surface area is 127 Å². The van der Waals surface area contributed by atoms with Crippen LogP contribution < -0.4 is 0 Å². The second kappa shape index (κ2) is 6.34. The van der Waals surface area contributed by atoms with Crippen molar-refractivity contribution in [1.82, 2.24) is 4.90 Å². The number of hydrogen-bond acceptors (Lipinski definition) is 4. The van der Waals surface area contributed by atoms with E-state index in [9.17, 15) is 9.59 Å². The van der Waals surface area contributed by atoms with Crippen LogP contribution in [0, 0.1) is 5.41 Å². The van der Waals surface area contributed by atoms with Crippen LogP contribution in [0.1, 0.15) is 52.9 Å². The monoisotopic (exact) mass is 297 g/mol. The molecule has 0 aliphatic carbocycles. The first-order valence-electron chi connectivity index (χ1n) is 7.91. The Kier molecular flexibility index (Phi) is 4.91. The maximum absolute atomic E-state index is 12.7. The highest BCUT2D eigenvalue weighted by molar-refractivity contribution is 5.81. The van der Waals surface area contributed by atoms with Crippen molar-refractivity contribution in [1.29, 1.82) is 0 Å². The average molecular weight is 297 g/mol. The van der Waals surface area contributed by atoms with Gasteiger partial charge in [-0.2, -0.15) is 0 Å². The Bertz CT molecular complexity index is 394. The van der Waals surface area contributed by atoms with Gasteiger partial charge in [-0.25, -0.2) is 0 Å². The van der Waals surface area contributed by atoms with Gasteiger partial charge in [0, 0.05) is 32.7 Å². The summed E-state index contributed by atoms with van der Waals surface area (Å²) in [5.41, 5.74) is -1.10. The minimum atomic E-state index is -0.599. The van der Waals surface area contributed by atoms with E-state index in [1.165, 1.54) is 0 Å². The molecule has 0 radical (unpaired) electrons. The number of carbonyl (C=O) groups excluding carboxylic acids is 2. The zero-order chi connectivity index (χ0) is 15.5. The number of hydrogen-bond donors (Lipinski definition) is 0. The number of ether oxygens (including phenoxy) is 2. The lowest BCUT2D eigenvalue weighted by Gasteiger charge is -2.41. The lowest BCUT2D eigenvalue weighted by Crippen LogP contribution is -2.51. The highest BCUT2D eigenvalue weighted by Gasteiger charge is 2.45. The lowest BCUT2D eigenvalue weighted by atomic mass is 9.79. The molecule has 2 fully saturated rings. The predicted octanol–water partition coefficient (Wildman–Crippen LogP) is 2.14. The van der Waals surface area contributed by atoms with Gasteiger partial charge in [0.1, 0.15) is 5.60 Å². The van der Waals surface area contributed by atoms with Gasteiger partial charge in [-0.05, 0) is 46.5 Å². The Balaban J connectivity index is 2.12. The third-order valence-electron chi connectivity index (χ3n) is 4.20. The average Bonchev–Trinajstić information content (AvgIpc) is 2.40. The van der Waals surface area contributed by atoms with E-state index in [4.69, 9.17) is 9.47 Å². The third-order valence-corrected chi connectivity index (χ3v) is 4.20. The fraction of sp³-hybridized carbons (Fsp3) is 0.875. The van der Waals surface area contributed by atoms with Gasteiger partial charge in [0.05, 0.1) is 5.41 Å². The molecule has 2 saturated heterocycles. The van der Waals surface area contributed by atoms with Gasteiger partial charge >= 0.3 is 5.97 Å². The number of amides is 1. The molecule has 2 rings (SSSR count). The van der Waals surface area contributed by atoms with E-state index in [1.807, 2.05) is 25.7 Å².